The Morgan fingerprint density at radius 2 is 2.09 bits per heavy atom. The zero-order valence-corrected chi connectivity index (χ0v) is 14.4. The number of nitrogens with one attached hydrogen (secondary N) is 1. The largest absolute Gasteiger partial charge is 0.352 e. The molecule has 0 bridgehead atoms. The second-order valence-electron chi connectivity index (χ2n) is 5.32. The zero-order chi connectivity index (χ0) is 16.9. The van der Waals surface area contributed by atoms with Gasteiger partial charge in [0.2, 0.25) is 11.8 Å². The molecule has 0 saturated carbocycles. The van der Waals surface area contributed by atoms with Crippen LogP contribution in [0.5, 0.6) is 0 Å². The van der Waals surface area contributed by atoms with E-state index in [9.17, 15) is 9.59 Å². The predicted molar refractivity (Wildman–Crippen MR) is 87.5 cm³/mol. The van der Waals surface area contributed by atoms with Gasteiger partial charge in [0.25, 0.3) is 0 Å². The molecule has 0 fully saturated rings. The number of nitrogens with zero attached hydrogens (tertiary/aromatic N) is 3. The van der Waals surface area contributed by atoms with Crippen LogP contribution in [0.2, 0.25) is 5.15 Å². The van der Waals surface area contributed by atoms with E-state index in [1.54, 1.807) is 17.8 Å². The number of hydrogen-bond acceptors (Lipinski definition) is 3. The van der Waals surface area contributed by atoms with Crippen molar-refractivity contribution in [3.8, 4) is 0 Å². The van der Waals surface area contributed by atoms with Crippen LogP contribution in [0.15, 0.2) is 6.08 Å². The summed E-state index contributed by atoms with van der Waals surface area (Å²) in [6, 6.07) is 0.0497. The first kappa shape index (κ1) is 18.2. The molecular weight excluding hydrogens is 304 g/mol. The van der Waals surface area contributed by atoms with Gasteiger partial charge in [0, 0.05) is 31.3 Å². The van der Waals surface area contributed by atoms with Crippen molar-refractivity contribution in [1.29, 1.82) is 0 Å². The molecule has 1 aromatic heterocycles. The first-order valence-electron chi connectivity index (χ1n) is 7.21. The van der Waals surface area contributed by atoms with Gasteiger partial charge >= 0.3 is 0 Å². The van der Waals surface area contributed by atoms with Crippen molar-refractivity contribution in [2.24, 2.45) is 7.05 Å². The van der Waals surface area contributed by atoms with Crippen LogP contribution in [0.1, 0.15) is 32.0 Å². The zero-order valence-electron chi connectivity index (χ0n) is 13.7. The van der Waals surface area contributed by atoms with Crippen LogP contribution >= 0.6 is 11.6 Å². The summed E-state index contributed by atoms with van der Waals surface area (Å²) >= 11 is 6.11. The number of carbonyl (C=O) groups is 2. The van der Waals surface area contributed by atoms with Crippen molar-refractivity contribution in [3.05, 3.63) is 22.5 Å². The SMILES string of the molecule is CCN(CC(=O)NC(C)C)C(=O)/C=C/c1c(C)nn(C)c1Cl. The Balaban J connectivity index is 2.76. The van der Waals surface area contributed by atoms with Crippen molar-refractivity contribution >= 4 is 29.5 Å². The third-order valence-corrected chi connectivity index (χ3v) is 3.51. The quantitative estimate of drug-likeness (QED) is 0.810. The first-order chi connectivity index (χ1) is 10.3. The van der Waals surface area contributed by atoms with Gasteiger partial charge in [-0.25, -0.2) is 0 Å². The van der Waals surface area contributed by atoms with E-state index in [0.29, 0.717) is 17.3 Å². The van der Waals surface area contributed by atoms with Crippen LogP contribution in [0, 0.1) is 6.92 Å². The summed E-state index contributed by atoms with van der Waals surface area (Å²) in [5.74, 6) is -0.407. The van der Waals surface area contributed by atoms with Gasteiger partial charge in [-0.2, -0.15) is 5.10 Å². The van der Waals surface area contributed by atoms with E-state index in [4.69, 9.17) is 11.6 Å². The number of carbonyl (C=O) groups excluding carboxylic acids is 2. The van der Waals surface area contributed by atoms with E-state index in [1.807, 2.05) is 27.7 Å². The highest BCUT2D eigenvalue weighted by Gasteiger charge is 2.14. The van der Waals surface area contributed by atoms with E-state index < -0.39 is 0 Å². The lowest BCUT2D eigenvalue weighted by molar-refractivity contribution is -0.132. The Morgan fingerprint density at radius 3 is 2.55 bits per heavy atom. The summed E-state index contributed by atoms with van der Waals surface area (Å²) < 4.78 is 1.55. The molecule has 1 heterocycles. The molecule has 1 N–H and O–H groups in total. The molecule has 1 rings (SSSR count). The molecule has 122 valence electrons. The molecular formula is C15H23ClN4O2. The van der Waals surface area contributed by atoms with Gasteiger partial charge in [-0.3, -0.25) is 14.3 Å². The molecule has 0 spiro atoms. The van der Waals surface area contributed by atoms with Gasteiger partial charge in [-0.05, 0) is 33.8 Å². The molecule has 22 heavy (non-hydrogen) atoms. The molecule has 6 nitrogen and oxygen atoms in total. The second kappa shape index (κ2) is 7.98. The van der Waals surface area contributed by atoms with Crippen molar-refractivity contribution in [2.75, 3.05) is 13.1 Å². The number of rotatable bonds is 6. The van der Waals surface area contributed by atoms with Crippen molar-refractivity contribution in [1.82, 2.24) is 20.0 Å². The summed E-state index contributed by atoms with van der Waals surface area (Å²) in [6.07, 6.45) is 3.05. The summed E-state index contributed by atoms with van der Waals surface area (Å²) in [5.41, 5.74) is 1.46. The van der Waals surface area contributed by atoms with Crippen LogP contribution in [0.4, 0.5) is 0 Å². The van der Waals surface area contributed by atoms with Crippen LogP contribution in [-0.4, -0.2) is 45.6 Å². The van der Waals surface area contributed by atoms with Gasteiger partial charge in [0.05, 0.1) is 12.2 Å². The number of halogens is 1. The maximum Gasteiger partial charge on any atom is 0.247 e. The molecule has 0 radical (unpaired) electrons. The molecule has 2 amide bonds. The number of amides is 2. The lowest BCUT2D eigenvalue weighted by Gasteiger charge is -2.19. The van der Waals surface area contributed by atoms with Crippen molar-refractivity contribution < 1.29 is 9.59 Å². The standard InChI is InChI=1S/C15H23ClN4O2/c1-6-20(9-13(21)17-10(2)3)14(22)8-7-12-11(4)18-19(5)15(12)16/h7-8,10H,6,9H2,1-5H3,(H,17,21)/b8-7+. The highest BCUT2D eigenvalue weighted by atomic mass is 35.5. The van der Waals surface area contributed by atoms with E-state index in [1.165, 1.54) is 11.0 Å². The minimum Gasteiger partial charge on any atom is -0.352 e. The Morgan fingerprint density at radius 1 is 1.45 bits per heavy atom. The molecule has 0 saturated heterocycles. The monoisotopic (exact) mass is 326 g/mol. The molecule has 0 atom stereocenters. The Hall–Kier alpha value is -1.82. The lowest BCUT2D eigenvalue weighted by atomic mass is 10.2. The van der Waals surface area contributed by atoms with E-state index in [0.717, 1.165) is 5.69 Å². The second-order valence-corrected chi connectivity index (χ2v) is 5.68. The lowest BCUT2D eigenvalue weighted by Crippen LogP contribution is -2.42. The van der Waals surface area contributed by atoms with Crippen molar-refractivity contribution in [2.45, 2.75) is 33.7 Å². The highest BCUT2D eigenvalue weighted by Crippen LogP contribution is 2.20. The Labute approximate surface area is 136 Å². The average molecular weight is 327 g/mol. The Bertz CT molecular complexity index is 578. The molecule has 0 aliphatic rings. The normalized spacial score (nSPS) is 11.2. The summed E-state index contributed by atoms with van der Waals surface area (Å²) in [6.45, 7) is 7.90. The van der Waals surface area contributed by atoms with Gasteiger partial charge < -0.3 is 10.2 Å². The molecule has 0 unspecified atom stereocenters. The fourth-order valence-corrected chi connectivity index (χ4v) is 2.22. The highest BCUT2D eigenvalue weighted by molar-refractivity contribution is 6.31. The number of likely N-dealkylation sites (N-methyl/N-ethyl adjacent to an activating group) is 1. The molecule has 0 aliphatic carbocycles. The fourth-order valence-electron chi connectivity index (χ4n) is 1.98. The van der Waals surface area contributed by atoms with E-state index in [2.05, 4.69) is 10.4 Å². The maximum atomic E-state index is 12.2. The van der Waals surface area contributed by atoms with Gasteiger partial charge in [-0.15, -0.1) is 0 Å². The number of aryl methyl sites for hydroxylation is 2. The topological polar surface area (TPSA) is 67.2 Å². The molecule has 7 heteroatoms. The number of hydrogen-bond donors (Lipinski definition) is 1. The van der Waals surface area contributed by atoms with Gasteiger partial charge in [0.1, 0.15) is 5.15 Å². The van der Waals surface area contributed by atoms with Gasteiger partial charge in [-0.1, -0.05) is 11.6 Å². The average Bonchev–Trinajstić information content (AvgIpc) is 2.66. The number of aromatic nitrogens is 2. The van der Waals surface area contributed by atoms with Gasteiger partial charge in [0.15, 0.2) is 0 Å². The Kier molecular flexibility index (Phi) is 6.61. The van der Waals surface area contributed by atoms with Crippen LogP contribution in [0.3, 0.4) is 0 Å². The summed E-state index contributed by atoms with van der Waals surface area (Å²) in [5, 5.41) is 7.42. The minimum absolute atomic E-state index is 0.0393. The first-order valence-corrected chi connectivity index (χ1v) is 7.59. The molecule has 1 aromatic rings. The fraction of sp³-hybridized carbons (Fsp3) is 0.533. The van der Waals surface area contributed by atoms with E-state index >= 15 is 0 Å². The van der Waals surface area contributed by atoms with Crippen LogP contribution < -0.4 is 5.32 Å². The van der Waals surface area contributed by atoms with Crippen LogP contribution in [-0.2, 0) is 16.6 Å². The predicted octanol–water partition coefficient (Wildman–Crippen LogP) is 1.77. The summed E-state index contributed by atoms with van der Waals surface area (Å²) in [7, 11) is 1.74. The molecule has 0 aromatic carbocycles. The van der Waals surface area contributed by atoms with E-state index in [-0.39, 0.29) is 24.4 Å². The maximum absolute atomic E-state index is 12.2. The minimum atomic E-state index is -0.235. The van der Waals surface area contributed by atoms with Crippen molar-refractivity contribution in [3.63, 3.8) is 0 Å². The molecule has 0 aliphatic heterocycles. The third kappa shape index (κ3) is 4.87. The third-order valence-electron chi connectivity index (χ3n) is 3.07. The smallest absolute Gasteiger partial charge is 0.247 e. The summed E-state index contributed by atoms with van der Waals surface area (Å²) in [4.78, 5) is 25.4. The van der Waals surface area contributed by atoms with Crippen LogP contribution in [0.25, 0.3) is 6.08 Å².